The molecule has 19 heteroatoms. The van der Waals surface area contributed by atoms with E-state index in [1.54, 1.807) is 0 Å². The van der Waals surface area contributed by atoms with Crippen LogP contribution in [0.25, 0.3) is 0 Å². The maximum Gasteiger partial charge on any atom is 0.472 e. The smallest absolute Gasteiger partial charge is 0.462 e. The van der Waals surface area contributed by atoms with E-state index in [0.29, 0.717) is 25.7 Å². The van der Waals surface area contributed by atoms with Gasteiger partial charge in [-0.1, -0.05) is 299 Å². The number of hydrogen-bond donors (Lipinski definition) is 3. The fourth-order valence-electron chi connectivity index (χ4n) is 10.5. The lowest BCUT2D eigenvalue weighted by atomic mass is 10.0. The van der Waals surface area contributed by atoms with Gasteiger partial charge in [0.2, 0.25) is 0 Å². The number of carbonyl (C=O) groups is 4. The fraction of sp³-hybridized carbons (Fsp3) is 0.943. The van der Waals surface area contributed by atoms with Crippen molar-refractivity contribution in [2.45, 2.75) is 369 Å². The minimum Gasteiger partial charge on any atom is -0.462 e. The Morgan fingerprint density at radius 2 is 0.517 bits per heavy atom. The Morgan fingerprint density at radius 3 is 0.764 bits per heavy atom. The van der Waals surface area contributed by atoms with Gasteiger partial charge in [0.15, 0.2) is 12.2 Å². The molecule has 0 aliphatic heterocycles. The normalized spacial score (nSPS) is 14.2. The number of phosphoric acid groups is 2. The number of rotatable bonds is 68. The summed E-state index contributed by atoms with van der Waals surface area (Å²) in [5.41, 5.74) is 0. The predicted molar refractivity (Wildman–Crippen MR) is 358 cm³/mol. The number of esters is 4. The first-order valence-corrected chi connectivity index (χ1v) is 39.3. The topological polar surface area (TPSA) is 237 Å². The highest BCUT2D eigenvalue weighted by Gasteiger charge is 2.30. The molecule has 0 aliphatic carbocycles. The van der Waals surface area contributed by atoms with Crippen LogP contribution in [0.5, 0.6) is 0 Å². The summed E-state index contributed by atoms with van der Waals surface area (Å²) in [5, 5.41) is 10.6. The number of hydrogen-bond acceptors (Lipinski definition) is 15. The zero-order valence-corrected chi connectivity index (χ0v) is 59.7. The van der Waals surface area contributed by atoms with Crippen LogP contribution in [0.1, 0.15) is 350 Å². The highest BCUT2D eigenvalue weighted by atomic mass is 31.2. The van der Waals surface area contributed by atoms with Crippen LogP contribution >= 0.6 is 15.6 Å². The van der Waals surface area contributed by atoms with Crippen LogP contribution in [0.15, 0.2) is 0 Å². The van der Waals surface area contributed by atoms with Gasteiger partial charge in [0, 0.05) is 25.7 Å². The molecule has 89 heavy (non-hydrogen) atoms. The van der Waals surface area contributed by atoms with Crippen LogP contribution in [-0.2, 0) is 65.4 Å². The molecule has 0 aromatic carbocycles. The number of phosphoric ester groups is 2. The monoisotopic (exact) mass is 1310 g/mol. The van der Waals surface area contributed by atoms with Gasteiger partial charge >= 0.3 is 39.5 Å². The third-order valence-electron chi connectivity index (χ3n) is 16.1. The standard InChI is InChI=1S/C70H136O17P2/c1-8-9-10-11-27-37-44-51-67(72)80-57-65(87-70(75)54-47-40-33-26-25-30-36-43-50-63(6)7)59-84-88(76,77)82-55-64(71)56-83-89(78,79)85-60-66(58-81-68(73)52-45-38-31-23-20-19-22-29-35-42-49-62(4)5)86-69(74)53-46-39-32-24-18-16-14-12-13-15-17-21-28-34-41-48-61(2)3/h61-66,71H,8-60H2,1-7H3,(H,76,77)(H,78,79)/t64-,65+,66+/m0/s1. The second kappa shape index (κ2) is 61.0. The Labute approximate surface area is 543 Å². The lowest BCUT2D eigenvalue weighted by Gasteiger charge is -2.21. The van der Waals surface area contributed by atoms with Crippen LogP contribution in [0.2, 0.25) is 0 Å². The molecule has 0 aliphatic rings. The highest BCUT2D eigenvalue weighted by Crippen LogP contribution is 2.45. The molecule has 0 saturated carbocycles. The van der Waals surface area contributed by atoms with Crippen molar-refractivity contribution < 1.29 is 80.2 Å². The zero-order chi connectivity index (χ0) is 65.9. The predicted octanol–water partition coefficient (Wildman–Crippen LogP) is 19.8. The van der Waals surface area contributed by atoms with Crippen molar-refractivity contribution >= 4 is 39.5 Å². The van der Waals surface area contributed by atoms with Gasteiger partial charge in [-0.3, -0.25) is 37.3 Å². The molecule has 3 N–H and O–H groups in total. The molecule has 0 heterocycles. The molecule has 0 amide bonds. The summed E-state index contributed by atoms with van der Waals surface area (Å²) < 4.78 is 68.2. The zero-order valence-electron chi connectivity index (χ0n) is 57.9. The maximum absolute atomic E-state index is 13.0. The lowest BCUT2D eigenvalue weighted by molar-refractivity contribution is -0.161. The van der Waals surface area contributed by atoms with Crippen molar-refractivity contribution in [3.63, 3.8) is 0 Å². The van der Waals surface area contributed by atoms with E-state index in [2.05, 4.69) is 48.5 Å². The number of aliphatic hydroxyl groups is 1. The maximum atomic E-state index is 13.0. The lowest BCUT2D eigenvalue weighted by Crippen LogP contribution is -2.30. The van der Waals surface area contributed by atoms with Gasteiger partial charge < -0.3 is 33.8 Å². The third-order valence-corrected chi connectivity index (χ3v) is 18.0. The average Bonchev–Trinajstić information content (AvgIpc) is 3.68. The summed E-state index contributed by atoms with van der Waals surface area (Å²) in [4.78, 5) is 72.4. The van der Waals surface area contributed by atoms with Crippen LogP contribution in [0.4, 0.5) is 0 Å². The van der Waals surface area contributed by atoms with Crippen molar-refractivity contribution in [3.05, 3.63) is 0 Å². The van der Waals surface area contributed by atoms with E-state index in [9.17, 15) is 43.2 Å². The number of carbonyl (C=O) groups excluding carboxylic acids is 4. The SMILES string of the molecule is CCCCCCCCCC(=O)OC[C@H](COP(=O)(O)OC[C@H](O)COP(=O)(O)OC[C@@H](COC(=O)CCCCCCCCCCCCC(C)C)OC(=O)CCCCCCCCCCCCCCCCCC(C)C)OC(=O)CCCCCCCCCCC(C)C. The van der Waals surface area contributed by atoms with Crippen molar-refractivity contribution in [1.29, 1.82) is 0 Å². The number of ether oxygens (including phenoxy) is 4. The van der Waals surface area contributed by atoms with Gasteiger partial charge in [-0.15, -0.1) is 0 Å². The van der Waals surface area contributed by atoms with Crippen LogP contribution < -0.4 is 0 Å². The quantitative estimate of drug-likeness (QED) is 0.0222. The van der Waals surface area contributed by atoms with Crippen molar-refractivity contribution in [1.82, 2.24) is 0 Å². The second-order valence-corrected chi connectivity index (χ2v) is 29.6. The number of unbranched alkanes of at least 4 members (excludes halogenated alkanes) is 36. The Bertz CT molecular complexity index is 1750. The summed E-state index contributed by atoms with van der Waals surface area (Å²) >= 11 is 0. The van der Waals surface area contributed by atoms with Crippen molar-refractivity contribution in [2.75, 3.05) is 39.6 Å². The van der Waals surface area contributed by atoms with Gasteiger partial charge in [0.25, 0.3) is 0 Å². The molecule has 2 unspecified atom stereocenters. The number of aliphatic hydroxyl groups excluding tert-OH is 1. The van der Waals surface area contributed by atoms with E-state index >= 15 is 0 Å². The van der Waals surface area contributed by atoms with Gasteiger partial charge in [0.1, 0.15) is 19.3 Å². The van der Waals surface area contributed by atoms with E-state index < -0.39 is 97.5 Å². The van der Waals surface area contributed by atoms with E-state index in [1.807, 2.05) is 0 Å². The van der Waals surface area contributed by atoms with E-state index in [0.717, 1.165) is 120 Å². The first-order chi connectivity index (χ1) is 42.7. The molecule has 0 bridgehead atoms. The third kappa shape index (κ3) is 64.6. The highest BCUT2D eigenvalue weighted by molar-refractivity contribution is 7.47. The molecule has 0 spiro atoms. The van der Waals surface area contributed by atoms with Crippen molar-refractivity contribution in [2.24, 2.45) is 17.8 Å². The largest absolute Gasteiger partial charge is 0.472 e. The van der Waals surface area contributed by atoms with Crippen LogP contribution in [0.3, 0.4) is 0 Å². The molecule has 528 valence electrons. The molecular formula is C70H136O17P2. The first kappa shape index (κ1) is 87.1. The molecular weight excluding hydrogens is 1170 g/mol. The summed E-state index contributed by atoms with van der Waals surface area (Å²) in [6, 6.07) is 0. The first-order valence-electron chi connectivity index (χ1n) is 36.3. The second-order valence-electron chi connectivity index (χ2n) is 26.7. The molecule has 0 aromatic rings. The molecule has 0 aromatic heterocycles. The van der Waals surface area contributed by atoms with Gasteiger partial charge in [0.05, 0.1) is 26.4 Å². The Balaban J connectivity index is 5.20. The summed E-state index contributed by atoms with van der Waals surface area (Å²) in [7, 11) is -9.90. The minimum atomic E-state index is -4.95. The molecule has 0 fully saturated rings. The fourth-order valence-corrected chi connectivity index (χ4v) is 12.1. The Kier molecular flexibility index (Phi) is 59.6. The molecule has 0 rings (SSSR count). The van der Waals surface area contributed by atoms with Crippen LogP contribution in [-0.4, -0.2) is 96.7 Å². The summed E-state index contributed by atoms with van der Waals surface area (Å²) in [5.74, 6) is 0.148. The summed E-state index contributed by atoms with van der Waals surface area (Å²) in [6.07, 6.45) is 44.6. The minimum absolute atomic E-state index is 0.104. The van der Waals surface area contributed by atoms with E-state index in [1.165, 1.54) is 148 Å². The average molecular weight is 1310 g/mol. The van der Waals surface area contributed by atoms with Crippen LogP contribution in [0, 0.1) is 17.8 Å². The van der Waals surface area contributed by atoms with Gasteiger partial charge in [-0.25, -0.2) is 9.13 Å². The van der Waals surface area contributed by atoms with Gasteiger partial charge in [-0.05, 0) is 43.4 Å². The molecule has 0 saturated heterocycles. The van der Waals surface area contributed by atoms with Crippen molar-refractivity contribution in [3.8, 4) is 0 Å². The van der Waals surface area contributed by atoms with E-state index in [4.69, 9.17) is 37.0 Å². The molecule has 17 nitrogen and oxygen atoms in total. The summed E-state index contributed by atoms with van der Waals surface area (Å²) in [6.45, 7) is 11.8. The Hall–Kier alpha value is -1.94. The van der Waals surface area contributed by atoms with E-state index in [-0.39, 0.29) is 25.7 Å². The molecule has 0 radical (unpaired) electrons. The Morgan fingerprint density at radius 1 is 0.303 bits per heavy atom. The van der Waals surface area contributed by atoms with Gasteiger partial charge in [-0.2, -0.15) is 0 Å². The molecule has 5 atom stereocenters.